The van der Waals surface area contributed by atoms with Crippen molar-refractivity contribution in [3.05, 3.63) is 35.2 Å². The van der Waals surface area contributed by atoms with Gasteiger partial charge in [0.15, 0.2) is 0 Å². The predicted octanol–water partition coefficient (Wildman–Crippen LogP) is 3.71. The third-order valence-corrected chi connectivity index (χ3v) is 3.18. The Bertz CT molecular complexity index is 518. The molecule has 2 aromatic rings. The first-order valence-corrected chi connectivity index (χ1v) is 6.55. The largest absolute Gasteiger partial charge is 0.253 e. The topological polar surface area (TPSA) is 25.8 Å². The zero-order chi connectivity index (χ0) is 12.3. The van der Waals surface area contributed by atoms with E-state index in [-0.39, 0.29) is 0 Å². The first-order valence-electron chi connectivity index (χ1n) is 6.55. The van der Waals surface area contributed by atoms with Crippen molar-refractivity contribution in [1.82, 2.24) is 9.97 Å². The highest BCUT2D eigenvalue weighted by Gasteiger charge is 2.05. The van der Waals surface area contributed by atoms with Crippen LogP contribution >= 0.6 is 0 Å². The summed E-state index contributed by atoms with van der Waals surface area (Å²) in [6.45, 7) is 6.56. The Morgan fingerprint density at radius 3 is 2.18 bits per heavy atom. The van der Waals surface area contributed by atoms with Crippen molar-refractivity contribution in [2.24, 2.45) is 0 Å². The second-order valence-corrected chi connectivity index (χ2v) is 4.43. The Kier molecular flexibility index (Phi) is 3.72. The maximum Gasteiger partial charge on any atom is 0.0893 e. The number of fused-ring (bicyclic) bond motifs is 1. The third kappa shape index (κ3) is 2.46. The zero-order valence-corrected chi connectivity index (χ0v) is 11.0. The minimum atomic E-state index is 1.01. The normalized spacial score (nSPS) is 11.0. The molecular weight excluding hydrogens is 208 g/mol. The summed E-state index contributed by atoms with van der Waals surface area (Å²) in [5, 5.41) is 0. The van der Waals surface area contributed by atoms with Crippen LogP contribution in [0, 0.1) is 0 Å². The van der Waals surface area contributed by atoms with Gasteiger partial charge in [0, 0.05) is 6.20 Å². The molecule has 0 fully saturated rings. The minimum Gasteiger partial charge on any atom is -0.253 e. The molecule has 0 bridgehead atoms. The lowest BCUT2D eigenvalue weighted by molar-refractivity contribution is 0.880. The van der Waals surface area contributed by atoms with E-state index in [0.717, 1.165) is 42.4 Å². The van der Waals surface area contributed by atoms with E-state index in [1.165, 1.54) is 11.1 Å². The number of aryl methyl sites for hydroxylation is 3. The molecule has 1 heterocycles. The lowest BCUT2D eigenvalue weighted by Crippen LogP contribution is -1.97. The van der Waals surface area contributed by atoms with E-state index in [1.54, 1.807) is 0 Å². The van der Waals surface area contributed by atoms with Crippen LogP contribution in [0.5, 0.6) is 0 Å². The molecule has 0 amide bonds. The van der Waals surface area contributed by atoms with Gasteiger partial charge in [-0.15, -0.1) is 0 Å². The van der Waals surface area contributed by atoms with Gasteiger partial charge in [-0.3, -0.25) is 4.98 Å². The van der Waals surface area contributed by atoms with E-state index >= 15 is 0 Å². The quantitative estimate of drug-likeness (QED) is 0.797. The molecule has 0 radical (unpaired) electrons. The van der Waals surface area contributed by atoms with Crippen LogP contribution in [0.25, 0.3) is 11.0 Å². The second-order valence-electron chi connectivity index (χ2n) is 4.43. The molecule has 0 unspecified atom stereocenters. The molecule has 0 aliphatic carbocycles. The average Bonchev–Trinajstić information content (AvgIpc) is 2.37. The first kappa shape index (κ1) is 12.0. The first-order chi connectivity index (χ1) is 8.28. The smallest absolute Gasteiger partial charge is 0.0893 e. The van der Waals surface area contributed by atoms with Gasteiger partial charge in [-0.05, 0) is 42.5 Å². The summed E-state index contributed by atoms with van der Waals surface area (Å²) in [7, 11) is 0. The molecule has 2 heteroatoms. The van der Waals surface area contributed by atoms with Crippen LogP contribution in [-0.2, 0) is 19.3 Å². The molecular formula is C15H20N2. The minimum absolute atomic E-state index is 1.01. The van der Waals surface area contributed by atoms with Crippen molar-refractivity contribution >= 4 is 11.0 Å². The molecule has 0 N–H and O–H groups in total. The fourth-order valence-corrected chi connectivity index (χ4v) is 2.22. The van der Waals surface area contributed by atoms with Gasteiger partial charge in [0.05, 0.1) is 16.7 Å². The summed E-state index contributed by atoms with van der Waals surface area (Å²) in [6, 6.07) is 4.40. The highest BCUT2D eigenvalue weighted by atomic mass is 14.8. The number of rotatable bonds is 4. The van der Waals surface area contributed by atoms with Crippen LogP contribution < -0.4 is 0 Å². The second kappa shape index (κ2) is 5.26. The van der Waals surface area contributed by atoms with Crippen molar-refractivity contribution in [3.8, 4) is 0 Å². The maximum atomic E-state index is 4.69. The monoisotopic (exact) mass is 228 g/mol. The van der Waals surface area contributed by atoms with Gasteiger partial charge in [0.1, 0.15) is 0 Å². The Labute approximate surface area is 103 Å². The molecule has 0 aliphatic rings. The fraction of sp³-hybridized carbons (Fsp3) is 0.467. The molecule has 17 heavy (non-hydrogen) atoms. The van der Waals surface area contributed by atoms with E-state index in [1.807, 2.05) is 6.20 Å². The Hall–Kier alpha value is -1.44. The molecule has 0 saturated carbocycles. The van der Waals surface area contributed by atoms with E-state index in [2.05, 4.69) is 42.9 Å². The Balaban J connectivity index is 2.54. The van der Waals surface area contributed by atoms with Gasteiger partial charge in [0.2, 0.25) is 0 Å². The van der Waals surface area contributed by atoms with Gasteiger partial charge >= 0.3 is 0 Å². The van der Waals surface area contributed by atoms with Crippen molar-refractivity contribution in [1.29, 1.82) is 0 Å². The molecule has 90 valence electrons. The average molecular weight is 228 g/mol. The summed E-state index contributed by atoms with van der Waals surface area (Å²) < 4.78 is 0. The van der Waals surface area contributed by atoms with Crippen molar-refractivity contribution in [2.45, 2.75) is 46.5 Å². The van der Waals surface area contributed by atoms with E-state index in [9.17, 15) is 0 Å². The third-order valence-electron chi connectivity index (χ3n) is 3.18. The molecule has 1 aromatic carbocycles. The molecule has 0 saturated heterocycles. The molecule has 1 aromatic heterocycles. The van der Waals surface area contributed by atoms with Crippen LogP contribution in [0.3, 0.4) is 0 Å². The van der Waals surface area contributed by atoms with Crippen LogP contribution in [0.15, 0.2) is 18.3 Å². The standard InChI is InChI=1S/C15H20N2/c1-4-7-13-10-16-14-8-11(5-2)12(6-3)9-15(14)17-13/h8-10H,4-7H2,1-3H3. The van der Waals surface area contributed by atoms with Gasteiger partial charge in [-0.1, -0.05) is 27.2 Å². The van der Waals surface area contributed by atoms with Crippen molar-refractivity contribution < 1.29 is 0 Å². The van der Waals surface area contributed by atoms with Gasteiger partial charge in [-0.25, -0.2) is 4.98 Å². The van der Waals surface area contributed by atoms with Crippen molar-refractivity contribution in [3.63, 3.8) is 0 Å². The number of benzene rings is 1. The number of hydrogen-bond donors (Lipinski definition) is 0. The maximum absolute atomic E-state index is 4.69. The predicted molar refractivity (Wildman–Crippen MR) is 72.3 cm³/mol. The fourth-order valence-electron chi connectivity index (χ4n) is 2.22. The summed E-state index contributed by atoms with van der Waals surface area (Å²) >= 11 is 0. The van der Waals surface area contributed by atoms with Gasteiger partial charge < -0.3 is 0 Å². The molecule has 0 atom stereocenters. The molecule has 2 nitrogen and oxygen atoms in total. The lowest BCUT2D eigenvalue weighted by atomic mass is 10.0. The Morgan fingerprint density at radius 2 is 1.59 bits per heavy atom. The van der Waals surface area contributed by atoms with Crippen LogP contribution in [-0.4, -0.2) is 9.97 Å². The Morgan fingerprint density at radius 1 is 0.941 bits per heavy atom. The zero-order valence-electron chi connectivity index (χ0n) is 11.0. The highest BCUT2D eigenvalue weighted by Crippen LogP contribution is 2.19. The van der Waals surface area contributed by atoms with E-state index in [0.29, 0.717) is 0 Å². The van der Waals surface area contributed by atoms with Crippen molar-refractivity contribution in [2.75, 3.05) is 0 Å². The summed E-state index contributed by atoms with van der Waals surface area (Å²) in [6.07, 6.45) is 6.18. The van der Waals surface area contributed by atoms with E-state index in [4.69, 9.17) is 0 Å². The highest BCUT2D eigenvalue weighted by molar-refractivity contribution is 5.76. The van der Waals surface area contributed by atoms with Gasteiger partial charge in [0.25, 0.3) is 0 Å². The van der Waals surface area contributed by atoms with Gasteiger partial charge in [-0.2, -0.15) is 0 Å². The summed E-state index contributed by atoms with van der Waals surface area (Å²) in [4.78, 5) is 9.21. The number of hydrogen-bond acceptors (Lipinski definition) is 2. The van der Waals surface area contributed by atoms with E-state index < -0.39 is 0 Å². The van der Waals surface area contributed by atoms with Crippen LogP contribution in [0.4, 0.5) is 0 Å². The summed E-state index contributed by atoms with van der Waals surface area (Å²) in [5.41, 5.74) is 5.98. The summed E-state index contributed by atoms with van der Waals surface area (Å²) in [5.74, 6) is 0. The molecule has 0 aliphatic heterocycles. The SMILES string of the molecule is CCCc1cnc2cc(CC)c(CC)cc2n1. The van der Waals surface area contributed by atoms with Crippen LogP contribution in [0.2, 0.25) is 0 Å². The van der Waals surface area contributed by atoms with Crippen LogP contribution in [0.1, 0.15) is 44.0 Å². The number of aromatic nitrogens is 2. The lowest BCUT2D eigenvalue weighted by Gasteiger charge is -2.08. The molecule has 0 spiro atoms. The molecule has 2 rings (SSSR count). The number of nitrogens with zero attached hydrogens (tertiary/aromatic N) is 2.